The number of thioether (sulfide) groups is 1. The van der Waals surface area contributed by atoms with Crippen molar-refractivity contribution in [3.63, 3.8) is 0 Å². The summed E-state index contributed by atoms with van der Waals surface area (Å²) in [5, 5.41) is 27.5. The molecule has 1 aromatic rings. The van der Waals surface area contributed by atoms with E-state index >= 15 is 0 Å². The SMILES string of the molecule is C.C.OC1CCC(O)C1.OC1CCC(SCc2ccccc2)C1. The van der Waals surface area contributed by atoms with E-state index in [2.05, 4.69) is 24.3 Å². The summed E-state index contributed by atoms with van der Waals surface area (Å²) in [7, 11) is 0. The van der Waals surface area contributed by atoms with Crippen molar-refractivity contribution in [3.8, 4) is 0 Å². The fourth-order valence-corrected chi connectivity index (χ4v) is 4.07. The Morgan fingerprint density at radius 1 is 0.783 bits per heavy atom. The first-order valence-electron chi connectivity index (χ1n) is 7.83. The molecule has 4 heteroatoms. The zero-order valence-corrected chi connectivity index (χ0v) is 13.2. The normalized spacial score (nSPS) is 29.0. The molecule has 2 saturated carbocycles. The van der Waals surface area contributed by atoms with Crippen LogP contribution in [0.15, 0.2) is 30.3 Å². The molecule has 4 unspecified atom stereocenters. The minimum absolute atomic E-state index is 0. The molecule has 134 valence electrons. The molecular weight excluding hydrogens is 308 g/mol. The van der Waals surface area contributed by atoms with Crippen molar-refractivity contribution in [1.82, 2.24) is 0 Å². The Balaban J connectivity index is 0.000000463. The van der Waals surface area contributed by atoms with E-state index in [9.17, 15) is 5.11 Å². The summed E-state index contributed by atoms with van der Waals surface area (Å²) in [5.74, 6) is 1.08. The maximum atomic E-state index is 9.38. The molecule has 2 fully saturated rings. The Hall–Kier alpha value is -0.550. The second-order valence-electron chi connectivity index (χ2n) is 6.01. The van der Waals surface area contributed by atoms with Crippen molar-refractivity contribution in [2.45, 2.75) is 82.7 Å². The van der Waals surface area contributed by atoms with Gasteiger partial charge in [-0.3, -0.25) is 0 Å². The molecule has 3 N–H and O–H groups in total. The first-order valence-corrected chi connectivity index (χ1v) is 8.88. The fraction of sp³-hybridized carbons (Fsp3) is 0.684. The highest BCUT2D eigenvalue weighted by Crippen LogP contribution is 2.31. The van der Waals surface area contributed by atoms with Crippen LogP contribution in [0, 0.1) is 0 Å². The number of aliphatic hydroxyl groups excluding tert-OH is 3. The van der Waals surface area contributed by atoms with Gasteiger partial charge in [-0.15, -0.1) is 0 Å². The maximum Gasteiger partial charge on any atom is 0.0565 e. The van der Waals surface area contributed by atoms with Crippen LogP contribution < -0.4 is 0 Å². The molecule has 0 heterocycles. The molecule has 2 aliphatic rings. The average Bonchev–Trinajstić information content (AvgIpc) is 3.07. The van der Waals surface area contributed by atoms with Gasteiger partial charge in [0.2, 0.25) is 0 Å². The number of benzene rings is 1. The second-order valence-corrected chi connectivity index (χ2v) is 7.29. The van der Waals surface area contributed by atoms with Crippen molar-refractivity contribution in [2.24, 2.45) is 0 Å². The number of hydrogen-bond donors (Lipinski definition) is 3. The standard InChI is InChI=1S/C12H16OS.C5H10O2.2CH4/c13-11-6-7-12(8-11)14-9-10-4-2-1-3-5-10;6-4-1-2-5(7)3-4;;/h1-5,11-13H,6-9H2;4-7H,1-3H2;2*1H4. The summed E-state index contributed by atoms with van der Waals surface area (Å²) >= 11 is 1.98. The first-order chi connectivity index (χ1) is 10.1. The Bertz CT molecular complexity index is 391. The molecule has 2 aliphatic carbocycles. The van der Waals surface area contributed by atoms with Crippen LogP contribution in [0.2, 0.25) is 0 Å². The number of rotatable bonds is 3. The molecule has 0 aromatic heterocycles. The lowest BCUT2D eigenvalue weighted by molar-refractivity contribution is 0.137. The topological polar surface area (TPSA) is 60.7 Å². The number of aliphatic hydroxyl groups is 3. The molecule has 1 aromatic carbocycles. The van der Waals surface area contributed by atoms with Crippen LogP contribution in [0.5, 0.6) is 0 Å². The second kappa shape index (κ2) is 11.9. The lowest BCUT2D eigenvalue weighted by Crippen LogP contribution is -2.02. The van der Waals surface area contributed by atoms with Gasteiger partial charge in [0, 0.05) is 11.0 Å². The molecule has 23 heavy (non-hydrogen) atoms. The zero-order valence-electron chi connectivity index (χ0n) is 12.4. The number of hydrogen-bond acceptors (Lipinski definition) is 4. The van der Waals surface area contributed by atoms with E-state index in [0.29, 0.717) is 11.7 Å². The van der Waals surface area contributed by atoms with Crippen LogP contribution >= 0.6 is 11.8 Å². The van der Waals surface area contributed by atoms with Crippen LogP contribution in [0.25, 0.3) is 0 Å². The molecule has 0 saturated heterocycles. The Morgan fingerprint density at radius 3 is 1.74 bits per heavy atom. The van der Waals surface area contributed by atoms with Crippen LogP contribution in [-0.4, -0.2) is 38.9 Å². The largest absolute Gasteiger partial charge is 0.393 e. The molecule has 3 nitrogen and oxygen atoms in total. The van der Waals surface area contributed by atoms with Crippen molar-refractivity contribution in [2.75, 3.05) is 0 Å². The lowest BCUT2D eigenvalue weighted by atomic mass is 10.2. The first kappa shape index (κ1) is 22.4. The van der Waals surface area contributed by atoms with E-state index in [1.54, 1.807) is 0 Å². The highest BCUT2D eigenvalue weighted by atomic mass is 32.2. The molecule has 0 radical (unpaired) electrons. The van der Waals surface area contributed by atoms with E-state index in [0.717, 1.165) is 31.4 Å². The van der Waals surface area contributed by atoms with Gasteiger partial charge in [-0.1, -0.05) is 45.2 Å². The van der Waals surface area contributed by atoms with Crippen molar-refractivity contribution in [1.29, 1.82) is 0 Å². The summed E-state index contributed by atoms with van der Waals surface area (Å²) in [6.45, 7) is 0. The van der Waals surface area contributed by atoms with Gasteiger partial charge in [0.25, 0.3) is 0 Å². The molecule has 0 bridgehead atoms. The molecular formula is C19H34O3S. The smallest absolute Gasteiger partial charge is 0.0565 e. The van der Waals surface area contributed by atoms with Gasteiger partial charge in [0.15, 0.2) is 0 Å². The lowest BCUT2D eigenvalue weighted by Gasteiger charge is -2.08. The third-order valence-electron chi connectivity index (χ3n) is 4.06. The van der Waals surface area contributed by atoms with Crippen molar-refractivity contribution in [3.05, 3.63) is 35.9 Å². The van der Waals surface area contributed by atoms with E-state index in [4.69, 9.17) is 10.2 Å². The monoisotopic (exact) mass is 342 g/mol. The van der Waals surface area contributed by atoms with Crippen LogP contribution in [-0.2, 0) is 5.75 Å². The van der Waals surface area contributed by atoms with Gasteiger partial charge >= 0.3 is 0 Å². The zero-order chi connectivity index (χ0) is 15.1. The Labute approximate surface area is 146 Å². The van der Waals surface area contributed by atoms with E-state index in [1.165, 1.54) is 12.0 Å². The summed E-state index contributed by atoms with van der Waals surface area (Å²) in [4.78, 5) is 0. The average molecular weight is 343 g/mol. The van der Waals surface area contributed by atoms with Gasteiger partial charge < -0.3 is 15.3 Å². The quantitative estimate of drug-likeness (QED) is 0.777. The van der Waals surface area contributed by atoms with Crippen LogP contribution in [0.4, 0.5) is 0 Å². The fourth-order valence-electron chi connectivity index (χ4n) is 2.79. The molecule has 0 amide bonds. The minimum Gasteiger partial charge on any atom is -0.393 e. The van der Waals surface area contributed by atoms with Gasteiger partial charge in [-0.2, -0.15) is 11.8 Å². The Morgan fingerprint density at radius 2 is 1.30 bits per heavy atom. The third-order valence-corrected chi connectivity index (χ3v) is 5.46. The van der Waals surface area contributed by atoms with Gasteiger partial charge in [-0.25, -0.2) is 0 Å². The van der Waals surface area contributed by atoms with Gasteiger partial charge in [0.1, 0.15) is 0 Å². The third kappa shape index (κ3) is 8.75. The molecule has 4 atom stereocenters. The van der Waals surface area contributed by atoms with Crippen molar-refractivity contribution < 1.29 is 15.3 Å². The van der Waals surface area contributed by atoms with Crippen LogP contribution in [0.3, 0.4) is 0 Å². The van der Waals surface area contributed by atoms with Crippen LogP contribution in [0.1, 0.15) is 58.9 Å². The van der Waals surface area contributed by atoms with Crippen molar-refractivity contribution >= 4 is 11.8 Å². The summed E-state index contributed by atoms with van der Waals surface area (Å²) < 4.78 is 0. The van der Waals surface area contributed by atoms with Gasteiger partial charge in [0.05, 0.1) is 18.3 Å². The maximum absolute atomic E-state index is 9.38. The molecule has 3 rings (SSSR count). The minimum atomic E-state index is -0.227. The Kier molecular flexibility index (Phi) is 11.6. The van der Waals surface area contributed by atoms with E-state index < -0.39 is 0 Å². The van der Waals surface area contributed by atoms with E-state index in [1.807, 2.05) is 17.8 Å². The predicted molar refractivity (Wildman–Crippen MR) is 101 cm³/mol. The summed E-state index contributed by atoms with van der Waals surface area (Å²) in [6.07, 6.45) is 4.80. The summed E-state index contributed by atoms with van der Waals surface area (Å²) in [6, 6.07) is 10.5. The molecule has 0 spiro atoms. The predicted octanol–water partition coefficient (Wildman–Crippen LogP) is 4.00. The highest BCUT2D eigenvalue weighted by molar-refractivity contribution is 7.99. The van der Waals surface area contributed by atoms with Gasteiger partial charge in [-0.05, 0) is 44.1 Å². The highest BCUT2D eigenvalue weighted by Gasteiger charge is 2.22. The van der Waals surface area contributed by atoms with E-state index in [-0.39, 0.29) is 33.2 Å². The molecule has 0 aliphatic heterocycles. The summed E-state index contributed by atoms with van der Waals surface area (Å²) in [5.41, 5.74) is 1.39.